The van der Waals surface area contributed by atoms with Crippen LogP contribution in [0.1, 0.15) is 25.3 Å². The van der Waals surface area contributed by atoms with Crippen molar-refractivity contribution in [1.29, 1.82) is 0 Å². The molecule has 0 saturated carbocycles. The molecule has 0 aliphatic rings. The van der Waals surface area contributed by atoms with Gasteiger partial charge in [-0.05, 0) is 53.5 Å². The van der Waals surface area contributed by atoms with Gasteiger partial charge in [-0.1, -0.05) is 24.8 Å². The third-order valence-corrected chi connectivity index (χ3v) is 4.22. The minimum Gasteiger partial charge on any atom is -0.464 e. The summed E-state index contributed by atoms with van der Waals surface area (Å²) in [5.41, 5.74) is 1.40. The maximum atomic E-state index is 11.6. The van der Waals surface area contributed by atoms with Crippen LogP contribution in [-0.4, -0.2) is 30.4 Å². The number of methoxy groups -OCH3 is 1. The fourth-order valence-electron chi connectivity index (χ4n) is 2.00. The third kappa shape index (κ3) is 5.49. The summed E-state index contributed by atoms with van der Waals surface area (Å²) in [4.78, 5) is 24.4. The second-order valence-electron chi connectivity index (χ2n) is 4.66. The molecule has 0 aliphatic heterocycles. The fraction of sp³-hybridized carbons (Fsp3) is 0.375. The van der Waals surface area contributed by atoms with Gasteiger partial charge >= 0.3 is 5.97 Å². The quantitative estimate of drug-likeness (QED) is 0.305. The second kappa shape index (κ2) is 8.81. The van der Waals surface area contributed by atoms with E-state index in [-0.39, 0.29) is 11.6 Å². The van der Waals surface area contributed by atoms with E-state index in [1.165, 1.54) is 28.1 Å². The number of carbonyl (C=O) groups excluding carboxylic acids is 2. The predicted octanol–water partition coefficient (Wildman–Crippen LogP) is 3.15. The average Bonchev–Trinajstić information content (AvgIpc) is 2.47. The van der Waals surface area contributed by atoms with E-state index in [0.29, 0.717) is 6.54 Å². The lowest BCUT2D eigenvalue weighted by molar-refractivity contribution is -0.141. The summed E-state index contributed by atoms with van der Waals surface area (Å²) in [5.74, 6) is -0.762. The van der Waals surface area contributed by atoms with E-state index in [1.807, 2.05) is 12.1 Å². The van der Waals surface area contributed by atoms with E-state index in [2.05, 4.69) is 46.0 Å². The predicted molar refractivity (Wildman–Crippen MR) is 90.6 cm³/mol. The molecule has 0 fully saturated rings. The fourth-order valence-corrected chi connectivity index (χ4v) is 2.65. The van der Waals surface area contributed by atoms with Crippen LogP contribution in [0.2, 0.25) is 0 Å². The first-order valence-electron chi connectivity index (χ1n) is 6.76. The standard InChI is InChI=1S/C16H20INO3/c1-12(16(20)21-3)18(13(2)19)11-7-6-9-14-8-4-5-10-15(14)17/h4-5,8,10H,1,6-7,9,11H2,2-3H3. The molecule has 0 aromatic heterocycles. The number of halogens is 1. The highest BCUT2D eigenvalue weighted by Gasteiger charge is 2.18. The highest BCUT2D eigenvalue weighted by Crippen LogP contribution is 2.15. The Kier molecular flexibility index (Phi) is 7.42. The number of carbonyl (C=O) groups is 2. The summed E-state index contributed by atoms with van der Waals surface area (Å²) in [7, 11) is 1.28. The zero-order valence-electron chi connectivity index (χ0n) is 12.4. The Labute approximate surface area is 139 Å². The average molecular weight is 401 g/mol. The third-order valence-electron chi connectivity index (χ3n) is 3.16. The van der Waals surface area contributed by atoms with Crippen molar-refractivity contribution in [2.75, 3.05) is 13.7 Å². The summed E-state index contributed by atoms with van der Waals surface area (Å²) >= 11 is 2.32. The van der Waals surface area contributed by atoms with Crippen molar-refractivity contribution in [3.8, 4) is 0 Å². The molecule has 114 valence electrons. The lowest BCUT2D eigenvalue weighted by atomic mass is 10.1. The SMILES string of the molecule is C=C(C(=O)OC)N(CCCCc1ccccc1I)C(C)=O. The number of esters is 1. The van der Waals surface area contributed by atoms with Crippen LogP contribution < -0.4 is 0 Å². The lowest BCUT2D eigenvalue weighted by Crippen LogP contribution is -2.32. The van der Waals surface area contributed by atoms with Gasteiger partial charge in [-0.15, -0.1) is 0 Å². The molecule has 4 nitrogen and oxygen atoms in total. The van der Waals surface area contributed by atoms with Gasteiger partial charge in [-0.3, -0.25) is 4.79 Å². The summed E-state index contributed by atoms with van der Waals surface area (Å²) < 4.78 is 5.85. The first-order chi connectivity index (χ1) is 9.97. The normalized spacial score (nSPS) is 10.0. The number of ether oxygens (including phenoxy) is 1. The number of hydrogen-bond acceptors (Lipinski definition) is 3. The monoisotopic (exact) mass is 401 g/mol. The first kappa shape index (κ1) is 17.7. The van der Waals surface area contributed by atoms with Crippen molar-refractivity contribution in [2.24, 2.45) is 0 Å². The lowest BCUT2D eigenvalue weighted by Gasteiger charge is -2.21. The van der Waals surface area contributed by atoms with E-state index in [4.69, 9.17) is 0 Å². The van der Waals surface area contributed by atoms with Crippen LogP contribution in [-0.2, 0) is 20.7 Å². The summed E-state index contributed by atoms with van der Waals surface area (Å²) in [6.45, 7) is 5.53. The van der Waals surface area contributed by atoms with E-state index in [9.17, 15) is 9.59 Å². The smallest absolute Gasteiger partial charge is 0.354 e. The van der Waals surface area contributed by atoms with Crippen molar-refractivity contribution in [2.45, 2.75) is 26.2 Å². The summed E-state index contributed by atoms with van der Waals surface area (Å²) in [5, 5.41) is 0. The molecule has 0 saturated heterocycles. The highest BCUT2D eigenvalue weighted by molar-refractivity contribution is 14.1. The molecular formula is C16H20INO3. The van der Waals surface area contributed by atoms with E-state index >= 15 is 0 Å². The van der Waals surface area contributed by atoms with Crippen molar-refractivity contribution in [1.82, 2.24) is 4.90 Å². The van der Waals surface area contributed by atoms with Gasteiger partial charge in [0.15, 0.2) is 0 Å². The maximum Gasteiger partial charge on any atom is 0.354 e. The van der Waals surface area contributed by atoms with Gasteiger partial charge in [-0.2, -0.15) is 0 Å². The van der Waals surface area contributed by atoms with Crippen LogP contribution in [0.4, 0.5) is 0 Å². The molecule has 0 aliphatic carbocycles. The van der Waals surface area contributed by atoms with Crippen LogP contribution in [0, 0.1) is 3.57 Å². The molecule has 21 heavy (non-hydrogen) atoms. The molecule has 0 unspecified atom stereocenters. The Hall–Kier alpha value is -1.37. The second-order valence-corrected chi connectivity index (χ2v) is 5.82. The van der Waals surface area contributed by atoms with Crippen LogP contribution in [0.25, 0.3) is 0 Å². The molecule has 0 spiro atoms. The minimum absolute atomic E-state index is 0.0966. The van der Waals surface area contributed by atoms with Gasteiger partial charge < -0.3 is 9.64 Å². The van der Waals surface area contributed by atoms with Gasteiger partial charge in [0.05, 0.1) is 7.11 Å². The molecule has 0 heterocycles. The van der Waals surface area contributed by atoms with E-state index in [0.717, 1.165) is 19.3 Å². The molecule has 0 atom stereocenters. The summed E-state index contributed by atoms with van der Waals surface area (Å²) in [6, 6.07) is 8.23. The molecule has 0 N–H and O–H groups in total. The van der Waals surface area contributed by atoms with Gasteiger partial charge in [0.2, 0.25) is 5.91 Å². The molecule has 0 bridgehead atoms. The summed E-state index contributed by atoms with van der Waals surface area (Å²) in [6.07, 6.45) is 2.70. The maximum absolute atomic E-state index is 11.6. The molecular weight excluding hydrogens is 381 g/mol. The van der Waals surface area contributed by atoms with Crippen LogP contribution >= 0.6 is 22.6 Å². The molecule has 1 aromatic carbocycles. The topological polar surface area (TPSA) is 46.6 Å². The van der Waals surface area contributed by atoms with E-state index < -0.39 is 5.97 Å². The number of benzene rings is 1. The highest BCUT2D eigenvalue weighted by atomic mass is 127. The van der Waals surface area contributed by atoms with Crippen molar-refractivity contribution < 1.29 is 14.3 Å². The van der Waals surface area contributed by atoms with Crippen molar-refractivity contribution >= 4 is 34.5 Å². The van der Waals surface area contributed by atoms with Gasteiger partial charge in [-0.25, -0.2) is 4.79 Å². The van der Waals surface area contributed by atoms with Gasteiger partial charge in [0.1, 0.15) is 5.70 Å². The Balaban J connectivity index is 2.48. The Bertz CT molecular complexity index is 528. The number of hydrogen-bond donors (Lipinski definition) is 0. The van der Waals surface area contributed by atoms with Crippen LogP contribution in [0.5, 0.6) is 0 Å². The van der Waals surface area contributed by atoms with Crippen LogP contribution in [0.3, 0.4) is 0 Å². The van der Waals surface area contributed by atoms with Crippen LogP contribution in [0.15, 0.2) is 36.5 Å². The number of aryl methyl sites for hydroxylation is 1. The number of nitrogens with zero attached hydrogens (tertiary/aromatic N) is 1. The van der Waals surface area contributed by atoms with E-state index in [1.54, 1.807) is 0 Å². The minimum atomic E-state index is -0.567. The molecule has 0 radical (unpaired) electrons. The molecule has 5 heteroatoms. The Morgan fingerprint density at radius 3 is 2.52 bits per heavy atom. The van der Waals surface area contributed by atoms with Crippen molar-refractivity contribution in [3.05, 3.63) is 45.7 Å². The number of unbranched alkanes of at least 4 members (excludes halogenated alkanes) is 1. The zero-order valence-corrected chi connectivity index (χ0v) is 14.6. The van der Waals surface area contributed by atoms with Gasteiger partial charge in [0.25, 0.3) is 0 Å². The van der Waals surface area contributed by atoms with Crippen molar-refractivity contribution in [3.63, 3.8) is 0 Å². The Morgan fingerprint density at radius 2 is 1.95 bits per heavy atom. The molecule has 1 amide bonds. The van der Waals surface area contributed by atoms with Gasteiger partial charge in [0, 0.05) is 17.0 Å². The molecule has 1 rings (SSSR count). The molecule has 1 aromatic rings. The largest absolute Gasteiger partial charge is 0.464 e. The zero-order chi connectivity index (χ0) is 15.8. The number of amides is 1. The Morgan fingerprint density at radius 1 is 1.29 bits per heavy atom. The number of rotatable bonds is 7. The first-order valence-corrected chi connectivity index (χ1v) is 7.84.